The number of aliphatic hydroxyl groups is 1. The lowest BCUT2D eigenvalue weighted by atomic mass is 10.0. The van der Waals surface area contributed by atoms with Gasteiger partial charge in [0, 0.05) is 11.6 Å². The largest absolute Gasteiger partial charge is 0.387 e. The number of halogens is 2. The third-order valence-corrected chi connectivity index (χ3v) is 3.02. The summed E-state index contributed by atoms with van der Waals surface area (Å²) in [6, 6.07) is 3.75. The van der Waals surface area contributed by atoms with Gasteiger partial charge in [-0.05, 0) is 47.0 Å². The molecule has 1 unspecified atom stereocenters. The van der Waals surface area contributed by atoms with Gasteiger partial charge >= 0.3 is 0 Å². The topological polar surface area (TPSA) is 32.3 Å². The van der Waals surface area contributed by atoms with E-state index in [2.05, 4.69) is 10.9 Å². The van der Waals surface area contributed by atoms with E-state index in [1.54, 1.807) is 6.07 Å². The summed E-state index contributed by atoms with van der Waals surface area (Å²) >= 11 is 11.5. The standard InChI is InChI=1S/C11H11Cl2NO/c12-10-5-8(11(15)6-14-13)4-7-2-1-3-9(7)10/h1-2,4-5,11,14-15H,3,6H2. The summed E-state index contributed by atoms with van der Waals surface area (Å²) in [5.74, 6) is 0. The molecule has 0 aliphatic heterocycles. The van der Waals surface area contributed by atoms with Crippen molar-refractivity contribution in [3.8, 4) is 0 Å². The summed E-state index contributed by atoms with van der Waals surface area (Å²) in [7, 11) is 0. The Labute approximate surface area is 98.6 Å². The molecule has 2 nitrogen and oxygen atoms in total. The number of hydrogen-bond acceptors (Lipinski definition) is 2. The second kappa shape index (κ2) is 4.54. The van der Waals surface area contributed by atoms with Gasteiger partial charge in [-0.2, -0.15) is 0 Å². The fraction of sp³-hybridized carbons (Fsp3) is 0.273. The molecule has 0 saturated heterocycles. The first-order chi connectivity index (χ1) is 7.22. The van der Waals surface area contributed by atoms with E-state index in [1.165, 1.54) is 0 Å². The molecule has 80 valence electrons. The summed E-state index contributed by atoms with van der Waals surface area (Å²) in [5, 5.41) is 10.5. The van der Waals surface area contributed by atoms with Crippen LogP contribution < -0.4 is 4.84 Å². The summed E-state index contributed by atoms with van der Waals surface area (Å²) in [6.45, 7) is 0.306. The van der Waals surface area contributed by atoms with E-state index in [-0.39, 0.29) is 0 Å². The number of allylic oxidation sites excluding steroid dienone is 1. The number of benzene rings is 1. The second-order valence-electron chi connectivity index (χ2n) is 3.53. The van der Waals surface area contributed by atoms with Gasteiger partial charge in [0.05, 0.1) is 6.10 Å². The number of nitrogens with one attached hydrogen (secondary N) is 1. The molecule has 0 heterocycles. The van der Waals surface area contributed by atoms with Crippen LogP contribution in [0.4, 0.5) is 0 Å². The van der Waals surface area contributed by atoms with Crippen LogP contribution in [-0.2, 0) is 6.42 Å². The maximum absolute atomic E-state index is 9.75. The first-order valence-electron chi connectivity index (χ1n) is 4.73. The molecule has 1 aliphatic carbocycles. The number of rotatable bonds is 3. The van der Waals surface area contributed by atoms with E-state index < -0.39 is 6.10 Å². The Morgan fingerprint density at radius 1 is 1.47 bits per heavy atom. The zero-order valence-electron chi connectivity index (χ0n) is 8.00. The van der Waals surface area contributed by atoms with Crippen LogP contribution in [0.1, 0.15) is 22.8 Å². The Bertz CT molecular complexity index is 404. The van der Waals surface area contributed by atoms with Crippen LogP contribution in [0.3, 0.4) is 0 Å². The molecule has 1 atom stereocenters. The quantitative estimate of drug-likeness (QED) is 0.801. The van der Waals surface area contributed by atoms with Crippen molar-refractivity contribution in [2.45, 2.75) is 12.5 Å². The molecule has 0 saturated carbocycles. The van der Waals surface area contributed by atoms with Crippen LogP contribution in [0.5, 0.6) is 0 Å². The first-order valence-corrected chi connectivity index (χ1v) is 5.48. The predicted octanol–water partition coefficient (Wildman–Crippen LogP) is 2.69. The molecule has 1 aliphatic rings. The molecule has 0 fully saturated rings. The van der Waals surface area contributed by atoms with E-state index in [0.717, 1.165) is 23.1 Å². The molecule has 0 spiro atoms. The van der Waals surface area contributed by atoms with Crippen LogP contribution >= 0.6 is 23.4 Å². The maximum atomic E-state index is 9.75. The van der Waals surface area contributed by atoms with Gasteiger partial charge < -0.3 is 5.11 Å². The van der Waals surface area contributed by atoms with Crippen LogP contribution in [0.15, 0.2) is 18.2 Å². The van der Waals surface area contributed by atoms with Crippen LogP contribution in [-0.4, -0.2) is 11.7 Å². The summed E-state index contributed by atoms with van der Waals surface area (Å²) in [5.41, 5.74) is 3.01. The Morgan fingerprint density at radius 3 is 3.00 bits per heavy atom. The minimum absolute atomic E-state index is 0.306. The second-order valence-corrected chi connectivity index (χ2v) is 4.21. The van der Waals surface area contributed by atoms with Gasteiger partial charge in [0.1, 0.15) is 0 Å². The summed E-state index contributed by atoms with van der Waals surface area (Å²) in [6.07, 6.45) is 4.33. The average Bonchev–Trinajstić information content (AvgIpc) is 2.66. The number of fused-ring (bicyclic) bond motifs is 1. The third kappa shape index (κ3) is 2.18. The highest BCUT2D eigenvalue weighted by atomic mass is 35.5. The highest BCUT2D eigenvalue weighted by Crippen LogP contribution is 2.30. The minimum atomic E-state index is -0.626. The zero-order chi connectivity index (χ0) is 10.8. The zero-order valence-corrected chi connectivity index (χ0v) is 9.52. The molecular weight excluding hydrogens is 233 g/mol. The Hall–Kier alpha value is -0.540. The van der Waals surface area contributed by atoms with Crippen molar-refractivity contribution in [2.24, 2.45) is 0 Å². The van der Waals surface area contributed by atoms with Crippen molar-refractivity contribution in [1.82, 2.24) is 4.84 Å². The van der Waals surface area contributed by atoms with Gasteiger partial charge in [-0.3, -0.25) is 0 Å². The smallest absolute Gasteiger partial charge is 0.0928 e. The van der Waals surface area contributed by atoms with Gasteiger partial charge in [0.2, 0.25) is 0 Å². The lowest BCUT2D eigenvalue weighted by Crippen LogP contribution is -2.12. The monoisotopic (exact) mass is 243 g/mol. The van der Waals surface area contributed by atoms with Crippen LogP contribution in [0.2, 0.25) is 5.02 Å². The van der Waals surface area contributed by atoms with Crippen molar-refractivity contribution >= 4 is 29.5 Å². The SMILES string of the molecule is OC(CNCl)c1cc(Cl)c2c(c1)C=CC2. The van der Waals surface area contributed by atoms with E-state index in [4.69, 9.17) is 23.4 Å². The number of aliphatic hydroxyl groups excluding tert-OH is 1. The van der Waals surface area contributed by atoms with Crippen LogP contribution in [0, 0.1) is 0 Å². The van der Waals surface area contributed by atoms with Crippen LogP contribution in [0.25, 0.3) is 6.08 Å². The highest BCUT2D eigenvalue weighted by Gasteiger charge is 2.14. The summed E-state index contributed by atoms with van der Waals surface area (Å²) < 4.78 is 0. The van der Waals surface area contributed by atoms with E-state index >= 15 is 0 Å². The molecule has 0 amide bonds. The molecule has 0 aromatic heterocycles. The Kier molecular flexibility index (Phi) is 3.32. The predicted molar refractivity (Wildman–Crippen MR) is 63.0 cm³/mol. The van der Waals surface area contributed by atoms with Crippen molar-refractivity contribution in [3.63, 3.8) is 0 Å². The highest BCUT2D eigenvalue weighted by molar-refractivity contribution is 6.31. The molecule has 1 aromatic rings. The summed E-state index contributed by atoms with van der Waals surface area (Å²) in [4.78, 5) is 2.41. The lowest BCUT2D eigenvalue weighted by Gasteiger charge is -2.12. The normalized spacial score (nSPS) is 15.4. The molecule has 1 aromatic carbocycles. The third-order valence-electron chi connectivity index (χ3n) is 2.53. The van der Waals surface area contributed by atoms with E-state index in [9.17, 15) is 5.11 Å². The molecule has 15 heavy (non-hydrogen) atoms. The van der Waals surface area contributed by atoms with E-state index in [0.29, 0.717) is 11.6 Å². The van der Waals surface area contributed by atoms with Crippen molar-refractivity contribution in [1.29, 1.82) is 0 Å². The first kappa shape index (κ1) is 11.0. The number of hydrogen-bond donors (Lipinski definition) is 2. The fourth-order valence-electron chi connectivity index (χ4n) is 1.73. The van der Waals surface area contributed by atoms with Gasteiger partial charge in [0.15, 0.2) is 0 Å². The molecule has 2 rings (SSSR count). The Balaban J connectivity index is 2.34. The van der Waals surface area contributed by atoms with Crippen molar-refractivity contribution < 1.29 is 5.11 Å². The molecule has 2 N–H and O–H groups in total. The fourth-order valence-corrected chi connectivity index (χ4v) is 2.19. The average molecular weight is 244 g/mol. The minimum Gasteiger partial charge on any atom is -0.387 e. The Morgan fingerprint density at radius 2 is 2.27 bits per heavy atom. The maximum Gasteiger partial charge on any atom is 0.0928 e. The van der Waals surface area contributed by atoms with Gasteiger partial charge in [-0.15, -0.1) is 0 Å². The van der Waals surface area contributed by atoms with E-state index in [1.807, 2.05) is 12.1 Å². The van der Waals surface area contributed by atoms with Crippen molar-refractivity contribution in [3.05, 3.63) is 39.9 Å². The molecule has 0 bridgehead atoms. The molecule has 4 heteroatoms. The van der Waals surface area contributed by atoms with Gasteiger partial charge in [-0.1, -0.05) is 23.8 Å². The lowest BCUT2D eigenvalue weighted by molar-refractivity contribution is 0.182. The van der Waals surface area contributed by atoms with Gasteiger partial charge in [-0.25, -0.2) is 4.84 Å². The van der Waals surface area contributed by atoms with Crippen molar-refractivity contribution in [2.75, 3.05) is 6.54 Å². The van der Waals surface area contributed by atoms with Gasteiger partial charge in [0.25, 0.3) is 0 Å². The molecular formula is C11H11Cl2NO. The molecule has 0 radical (unpaired) electrons.